The highest BCUT2D eigenvalue weighted by Gasteiger charge is 2.29. The highest BCUT2D eigenvalue weighted by atomic mass is 15.1. The van der Waals surface area contributed by atoms with Crippen LogP contribution >= 0.6 is 0 Å². The maximum Gasteiger partial charge on any atom is 0.0346 e. The molecule has 0 saturated carbocycles. The molecule has 2 saturated heterocycles. The maximum atomic E-state index is 3.56. The zero-order valence-corrected chi connectivity index (χ0v) is 6.40. The number of hydrogen-bond donors (Lipinski definition) is 2. The van der Waals surface area contributed by atoms with Gasteiger partial charge >= 0.3 is 0 Å². The first kappa shape index (κ1) is 6.62. The van der Waals surface area contributed by atoms with E-state index in [1.807, 2.05) is 0 Å². The molecule has 2 aliphatic heterocycles. The second-order valence-corrected chi connectivity index (χ2v) is 3.42. The van der Waals surface area contributed by atoms with E-state index in [-0.39, 0.29) is 0 Å². The van der Waals surface area contributed by atoms with E-state index in [2.05, 4.69) is 10.6 Å². The third-order valence-corrected chi connectivity index (χ3v) is 2.68. The van der Waals surface area contributed by atoms with E-state index in [0.717, 1.165) is 12.1 Å². The summed E-state index contributed by atoms with van der Waals surface area (Å²) in [5, 5.41) is 7.01. The van der Waals surface area contributed by atoms with Crippen molar-refractivity contribution in [3.8, 4) is 0 Å². The smallest absolute Gasteiger partial charge is 0.0346 e. The van der Waals surface area contributed by atoms with E-state index >= 15 is 0 Å². The Balaban J connectivity index is 1.83. The van der Waals surface area contributed by atoms with Gasteiger partial charge in [0.25, 0.3) is 0 Å². The zero-order valence-electron chi connectivity index (χ0n) is 6.40. The Morgan fingerprint density at radius 1 is 0.900 bits per heavy atom. The van der Waals surface area contributed by atoms with Gasteiger partial charge in [0.05, 0.1) is 0 Å². The minimum atomic E-state index is 0.806. The molecule has 0 radical (unpaired) electrons. The first-order chi connectivity index (χ1) is 4.97. The quantitative estimate of drug-likeness (QED) is 0.511. The minimum Gasteiger partial charge on any atom is -0.311 e. The van der Waals surface area contributed by atoms with Crippen LogP contribution in [0.1, 0.15) is 25.7 Å². The molecular formula is C8H16N2. The average Bonchev–Trinajstić information content (AvgIpc) is 1.89. The van der Waals surface area contributed by atoms with Gasteiger partial charge in [0, 0.05) is 18.6 Å². The van der Waals surface area contributed by atoms with Gasteiger partial charge in [-0.2, -0.15) is 0 Å². The standard InChI is InChI=1S/C8H16N2/c1-2-4-7-8(6-10-7)9-5-3-1/h7-10H,1-6H2. The summed E-state index contributed by atoms with van der Waals surface area (Å²) in [6, 6.07) is 1.61. The van der Waals surface area contributed by atoms with Crippen LogP contribution in [-0.4, -0.2) is 25.2 Å². The van der Waals surface area contributed by atoms with Gasteiger partial charge in [-0.3, -0.25) is 0 Å². The lowest BCUT2D eigenvalue weighted by Gasteiger charge is -2.40. The summed E-state index contributed by atoms with van der Waals surface area (Å²) in [6.45, 7) is 2.44. The van der Waals surface area contributed by atoms with Crippen LogP contribution in [0.2, 0.25) is 0 Å². The Labute approximate surface area is 62.4 Å². The van der Waals surface area contributed by atoms with Crippen molar-refractivity contribution in [2.45, 2.75) is 37.8 Å². The van der Waals surface area contributed by atoms with Gasteiger partial charge in [0.2, 0.25) is 0 Å². The van der Waals surface area contributed by atoms with Crippen molar-refractivity contribution in [2.24, 2.45) is 0 Å². The Hall–Kier alpha value is -0.0800. The molecule has 0 bridgehead atoms. The van der Waals surface area contributed by atoms with E-state index in [9.17, 15) is 0 Å². The summed E-state index contributed by atoms with van der Waals surface area (Å²) in [7, 11) is 0. The topological polar surface area (TPSA) is 24.1 Å². The first-order valence-electron chi connectivity index (χ1n) is 4.43. The predicted octanol–water partition coefficient (Wildman–Crippen LogP) is 0.490. The molecule has 2 nitrogen and oxygen atoms in total. The van der Waals surface area contributed by atoms with Crippen molar-refractivity contribution in [2.75, 3.05) is 13.1 Å². The van der Waals surface area contributed by atoms with Gasteiger partial charge in [-0.25, -0.2) is 0 Å². The van der Waals surface area contributed by atoms with Crippen LogP contribution in [0.25, 0.3) is 0 Å². The van der Waals surface area contributed by atoms with Crippen LogP contribution in [0.5, 0.6) is 0 Å². The number of rotatable bonds is 0. The molecule has 2 unspecified atom stereocenters. The summed E-state index contributed by atoms with van der Waals surface area (Å²) in [4.78, 5) is 0. The third kappa shape index (κ3) is 1.18. The predicted molar refractivity (Wildman–Crippen MR) is 42.0 cm³/mol. The van der Waals surface area contributed by atoms with E-state index < -0.39 is 0 Å². The van der Waals surface area contributed by atoms with Crippen molar-refractivity contribution in [3.05, 3.63) is 0 Å². The van der Waals surface area contributed by atoms with E-state index in [1.165, 1.54) is 38.8 Å². The maximum absolute atomic E-state index is 3.56. The number of fused-ring (bicyclic) bond motifs is 1. The molecule has 0 aromatic carbocycles. The monoisotopic (exact) mass is 140 g/mol. The van der Waals surface area contributed by atoms with Crippen LogP contribution in [0, 0.1) is 0 Å². The molecule has 58 valence electrons. The number of hydrogen-bond acceptors (Lipinski definition) is 2. The molecule has 2 fully saturated rings. The molecule has 0 aromatic heterocycles. The average molecular weight is 140 g/mol. The Kier molecular flexibility index (Phi) is 1.91. The first-order valence-corrected chi connectivity index (χ1v) is 4.43. The molecule has 0 aromatic rings. The second kappa shape index (κ2) is 2.89. The van der Waals surface area contributed by atoms with Crippen molar-refractivity contribution in [1.82, 2.24) is 10.6 Å². The van der Waals surface area contributed by atoms with Gasteiger partial charge < -0.3 is 10.6 Å². The normalized spacial score (nSPS) is 40.8. The Morgan fingerprint density at radius 2 is 1.90 bits per heavy atom. The fraction of sp³-hybridized carbons (Fsp3) is 1.00. The third-order valence-electron chi connectivity index (χ3n) is 2.68. The van der Waals surface area contributed by atoms with Crippen molar-refractivity contribution >= 4 is 0 Å². The van der Waals surface area contributed by atoms with Crippen LogP contribution in [0.15, 0.2) is 0 Å². The number of nitrogens with one attached hydrogen (secondary N) is 2. The molecule has 2 atom stereocenters. The van der Waals surface area contributed by atoms with Crippen molar-refractivity contribution in [1.29, 1.82) is 0 Å². The van der Waals surface area contributed by atoms with Crippen LogP contribution in [-0.2, 0) is 0 Å². The molecular weight excluding hydrogens is 124 g/mol. The molecule has 0 aliphatic carbocycles. The highest BCUT2D eigenvalue weighted by molar-refractivity contribution is 4.94. The molecule has 0 amide bonds. The van der Waals surface area contributed by atoms with E-state index in [4.69, 9.17) is 0 Å². The molecule has 2 N–H and O–H groups in total. The van der Waals surface area contributed by atoms with E-state index in [1.54, 1.807) is 0 Å². The van der Waals surface area contributed by atoms with Crippen LogP contribution in [0.3, 0.4) is 0 Å². The highest BCUT2D eigenvalue weighted by Crippen LogP contribution is 2.15. The molecule has 0 spiro atoms. The molecule has 2 aliphatic rings. The van der Waals surface area contributed by atoms with Crippen molar-refractivity contribution < 1.29 is 0 Å². The fourth-order valence-corrected chi connectivity index (χ4v) is 1.87. The lowest BCUT2D eigenvalue weighted by Crippen LogP contribution is -2.64. The van der Waals surface area contributed by atoms with Gasteiger partial charge in [-0.05, 0) is 19.4 Å². The van der Waals surface area contributed by atoms with Gasteiger partial charge in [0.1, 0.15) is 0 Å². The fourth-order valence-electron chi connectivity index (χ4n) is 1.87. The van der Waals surface area contributed by atoms with E-state index in [0.29, 0.717) is 0 Å². The molecule has 10 heavy (non-hydrogen) atoms. The largest absolute Gasteiger partial charge is 0.311 e. The van der Waals surface area contributed by atoms with Gasteiger partial charge in [-0.1, -0.05) is 12.8 Å². The summed E-state index contributed by atoms with van der Waals surface area (Å²) < 4.78 is 0. The molecule has 2 heteroatoms. The van der Waals surface area contributed by atoms with Crippen LogP contribution in [0.4, 0.5) is 0 Å². The SMILES string of the molecule is C1CCNC2CNC2CC1. The molecule has 2 rings (SSSR count). The summed E-state index contributed by atoms with van der Waals surface area (Å²) in [5.41, 5.74) is 0. The molecule has 2 heterocycles. The summed E-state index contributed by atoms with van der Waals surface area (Å²) in [6.07, 6.45) is 5.61. The lowest BCUT2D eigenvalue weighted by molar-refractivity contribution is 0.229. The Bertz CT molecular complexity index is 99.8. The van der Waals surface area contributed by atoms with Crippen molar-refractivity contribution in [3.63, 3.8) is 0 Å². The van der Waals surface area contributed by atoms with Gasteiger partial charge in [0.15, 0.2) is 0 Å². The zero-order chi connectivity index (χ0) is 6.81. The summed E-state index contributed by atoms with van der Waals surface area (Å²) in [5.74, 6) is 0. The second-order valence-electron chi connectivity index (χ2n) is 3.42. The van der Waals surface area contributed by atoms with Gasteiger partial charge in [-0.15, -0.1) is 0 Å². The summed E-state index contributed by atoms with van der Waals surface area (Å²) >= 11 is 0. The van der Waals surface area contributed by atoms with Crippen LogP contribution < -0.4 is 10.6 Å². The Morgan fingerprint density at radius 3 is 2.70 bits per heavy atom. The minimum absolute atomic E-state index is 0.806. The lowest BCUT2D eigenvalue weighted by atomic mass is 9.92.